The normalized spacial score (nSPS) is 14.1. The zero-order chi connectivity index (χ0) is 18.1. The van der Waals surface area contributed by atoms with Gasteiger partial charge in [-0.25, -0.2) is 0 Å². The van der Waals surface area contributed by atoms with Crippen molar-refractivity contribution in [2.24, 2.45) is 0 Å². The van der Waals surface area contributed by atoms with E-state index >= 15 is 0 Å². The SMILES string of the molecule is C[Si](C)(C)OCCC1=[C]([Zr+2][c]2cccc3c2Cc2ccccc2-3)CC=C1.[Cl-].[Cl-]. The molecular weight excluding hydrogens is 482 g/mol. The summed E-state index contributed by atoms with van der Waals surface area (Å²) in [7, 11) is -1.41. The van der Waals surface area contributed by atoms with Crippen molar-refractivity contribution in [1.29, 1.82) is 0 Å². The maximum atomic E-state index is 6.10. The molecule has 0 spiro atoms. The number of hydrogen-bond acceptors (Lipinski definition) is 1. The van der Waals surface area contributed by atoms with Gasteiger partial charge in [0.15, 0.2) is 0 Å². The fourth-order valence-corrected chi connectivity index (χ4v) is 8.14. The molecule has 0 atom stereocenters. The predicted molar refractivity (Wildman–Crippen MR) is 109 cm³/mol. The average molecular weight is 509 g/mol. The molecule has 0 unspecified atom stereocenters. The summed E-state index contributed by atoms with van der Waals surface area (Å²) in [6, 6.07) is 15.9. The van der Waals surface area contributed by atoms with Crippen molar-refractivity contribution in [3.8, 4) is 11.1 Å². The van der Waals surface area contributed by atoms with Crippen molar-refractivity contribution in [3.63, 3.8) is 0 Å². The molecule has 146 valence electrons. The van der Waals surface area contributed by atoms with Crippen LogP contribution in [-0.2, 0) is 34.1 Å². The summed E-state index contributed by atoms with van der Waals surface area (Å²) in [5.41, 5.74) is 7.61. The first-order chi connectivity index (χ1) is 12.5. The second-order valence-corrected chi connectivity index (χ2v) is 16.0. The summed E-state index contributed by atoms with van der Waals surface area (Å²) in [6.07, 6.45) is 8.11. The summed E-state index contributed by atoms with van der Waals surface area (Å²) < 4.78 is 9.51. The largest absolute Gasteiger partial charge is 1.00 e. The van der Waals surface area contributed by atoms with Gasteiger partial charge in [-0.2, -0.15) is 0 Å². The van der Waals surface area contributed by atoms with Gasteiger partial charge in [-0.15, -0.1) is 0 Å². The molecule has 0 saturated heterocycles. The summed E-state index contributed by atoms with van der Waals surface area (Å²) in [5, 5.41) is 0. The van der Waals surface area contributed by atoms with Gasteiger partial charge < -0.3 is 24.8 Å². The Hall–Kier alpha value is -0.440. The van der Waals surface area contributed by atoms with Crippen LogP contribution in [0.2, 0.25) is 19.6 Å². The Kier molecular flexibility index (Phi) is 8.55. The van der Waals surface area contributed by atoms with Crippen LogP contribution in [0.25, 0.3) is 11.1 Å². The van der Waals surface area contributed by atoms with E-state index in [9.17, 15) is 0 Å². The van der Waals surface area contributed by atoms with Crippen LogP contribution in [0.15, 0.2) is 63.5 Å². The number of halogens is 2. The van der Waals surface area contributed by atoms with E-state index in [-0.39, 0.29) is 24.8 Å². The molecular formula is C23H26Cl2OSiZr. The van der Waals surface area contributed by atoms with Crippen LogP contribution in [-0.4, -0.2) is 14.9 Å². The molecule has 5 heteroatoms. The number of rotatable bonds is 6. The molecule has 4 rings (SSSR count). The van der Waals surface area contributed by atoms with Crippen LogP contribution in [0.3, 0.4) is 0 Å². The Labute approximate surface area is 194 Å². The third kappa shape index (κ3) is 5.37. The van der Waals surface area contributed by atoms with Gasteiger partial charge in [0, 0.05) is 0 Å². The molecule has 0 heterocycles. The number of hydrogen-bond donors (Lipinski definition) is 0. The average Bonchev–Trinajstić information content (AvgIpc) is 3.19. The molecule has 2 aliphatic rings. The standard InChI is InChI=1S/C13H9.C10H17OSi.2ClH.Zr/c1-3-7-12-10(5-1)9-11-6-2-4-8-13(11)12;1-12(2,3)11-9-8-10-6-4-5-7-10;;;/h1-5,7-8H,9H2;4,6H,5,8-9H2,1-3H3;2*1H;/q;;;;+2/p-2. The van der Waals surface area contributed by atoms with E-state index in [2.05, 4.69) is 74.3 Å². The first-order valence-corrected chi connectivity index (χ1v) is 15.4. The fraction of sp³-hybridized carbons (Fsp3) is 0.304. The molecule has 0 aromatic heterocycles. The second kappa shape index (κ2) is 10.0. The summed E-state index contributed by atoms with van der Waals surface area (Å²) in [4.78, 5) is 0. The molecule has 0 bridgehead atoms. The quantitative estimate of drug-likeness (QED) is 0.406. The number of allylic oxidation sites excluding steroid dienone is 3. The Morgan fingerprint density at radius 3 is 2.50 bits per heavy atom. The van der Waals surface area contributed by atoms with E-state index in [0.29, 0.717) is 0 Å². The van der Waals surface area contributed by atoms with E-state index < -0.39 is 31.6 Å². The van der Waals surface area contributed by atoms with Crippen LogP contribution in [0, 0.1) is 0 Å². The molecule has 0 N–H and O–H groups in total. The number of fused-ring (bicyclic) bond motifs is 3. The van der Waals surface area contributed by atoms with Gasteiger partial charge in [-0.3, -0.25) is 0 Å². The van der Waals surface area contributed by atoms with Crippen molar-refractivity contribution < 1.29 is 52.5 Å². The van der Waals surface area contributed by atoms with Gasteiger partial charge in [-0.1, -0.05) is 0 Å². The molecule has 0 amide bonds. The van der Waals surface area contributed by atoms with Gasteiger partial charge in [0.05, 0.1) is 0 Å². The zero-order valence-electron chi connectivity index (χ0n) is 16.7. The van der Waals surface area contributed by atoms with E-state index in [1.54, 1.807) is 17.7 Å². The maximum Gasteiger partial charge on any atom is -1.00 e. The van der Waals surface area contributed by atoms with Crippen molar-refractivity contribution in [2.75, 3.05) is 6.61 Å². The minimum atomic E-state index is -1.41. The van der Waals surface area contributed by atoms with Gasteiger partial charge >= 0.3 is 170 Å². The van der Waals surface area contributed by atoms with Crippen LogP contribution in [0.1, 0.15) is 24.0 Å². The van der Waals surface area contributed by atoms with Gasteiger partial charge in [0.1, 0.15) is 0 Å². The summed E-state index contributed by atoms with van der Waals surface area (Å²) in [5.74, 6) is 0. The Morgan fingerprint density at radius 1 is 0.964 bits per heavy atom. The Bertz CT molecular complexity index is 900. The maximum absolute atomic E-state index is 6.10. The van der Waals surface area contributed by atoms with Crippen LogP contribution < -0.4 is 28.1 Å². The molecule has 0 radical (unpaired) electrons. The molecule has 2 aromatic carbocycles. The topological polar surface area (TPSA) is 9.23 Å². The number of benzene rings is 2. The molecule has 0 aliphatic heterocycles. The first-order valence-electron chi connectivity index (χ1n) is 9.51. The molecule has 0 saturated carbocycles. The van der Waals surface area contributed by atoms with E-state index in [4.69, 9.17) is 4.43 Å². The minimum absolute atomic E-state index is 0. The molecule has 2 aliphatic carbocycles. The van der Waals surface area contributed by atoms with E-state index in [1.807, 2.05) is 0 Å². The smallest absolute Gasteiger partial charge is 1.00 e. The van der Waals surface area contributed by atoms with Crippen LogP contribution in [0.4, 0.5) is 0 Å². The summed E-state index contributed by atoms with van der Waals surface area (Å²) in [6.45, 7) is 7.70. The van der Waals surface area contributed by atoms with Crippen molar-refractivity contribution in [2.45, 2.75) is 38.9 Å². The molecule has 1 nitrogen and oxygen atoms in total. The van der Waals surface area contributed by atoms with Crippen molar-refractivity contribution in [1.82, 2.24) is 0 Å². The minimum Gasteiger partial charge on any atom is -1.00 e. The third-order valence-electron chi connectivity index (χ3n) is 5.07. The second-order valence-electron chi connectivity index (χ2n) is 8.11. The summed E-state index contributed by atoms with van der Waals surface area (Å²) >= 11 is -0.740. The third-order valence-corrected chi connectivity index (χ3v) is 9.99. The first kappa shape index (κ1) is 23.8. The van der Waals surface area contributed by atoms with Gasteiger partial charge in [0.2, 0.25) is 0 Å². The Balaban J connectivity index is 0.00000140. The predicted octanol–water partition coefficient (Wildman–Crippen LogP) is -0.571. The van der Waals surface area contributed by atoms with Crippen LogP contribution in [0.5, 0.6) is 0 Å². The molecule has 2 aromatic rings. The molecule has 0 fully saturated rings. The van der Waals surface area contributed by atoms with E-state index in [1.165, 1.54) is 23.1 Å². The van der Waals surface area contributed by atoms with Crippen LogP contribution >= 0.6 is 0 Å². The van der Waals surface area contributed by atoms with Crippen molar-refractivity contribution in [3.05, 3.63) is 74.6 Å². The van der Waals surface area contributed by atoms with Gasteiger partial charge in [0.25, 0.3) is 0 Å². The zero-order valence-corrected chi connectivity index (χ0v) is 21.7. The van der Waals surface area contributed by atoms with Gasteiger partial charge in [-0.05, 0) is 0 Å². The monoisotopic (exact) mass is 506 g/mol. The Morgan fingerprint density at radius 2 is 1.71 bits per heavy atom. The molecule has 28 heavy (non-hydrogen) atoms. The fourth-order valence-electron chi connectivity index (χ4n) is 3.82. The van der Waals surface area contributed by atoms with E-state index in [0.717, 1.165) is 19.4 Å². The van der Waals surface area contributed by atoms with Crippen molar-refractivity contribution >= 4 is 11.6 Å².